The zero-order valence-corrected chi connectivity index (χ0v) is 18.5. The lowest BCUT2D eigenvalue weighted by atomic mass is 10.1. The molecule has 1 aliphatic carbocycles. The molecule has 0 saturated carbocycles. The highest BCUT2D eigenvalue weighted by atomic mass is 127. The predicted molar refractivity (Wildman–Crippen MR) is 125 cm³/mol. The molecule has 6 heteroatoms. The number of aliphatic imine (C=N–C) groups is 1. The monoisotopic (exact) mass is 492 g/mol. The van der Waals surface area contributed by atoms with Crippen molar-refractivity contribution in [2.45, 2.75) is 31.9 Å². The normalized spacial score (nSPS) is 19.7. The van der Waals surface area contributed by atoms with Crippen molar-refractivity contribution in [3.05, 3.63) is 65.2 Å². The summed E-state index contributed by atoms with van der Waals surface area (Å²) in [5, 5.41) is 3.22. The van der Waals surface area contributed by atoms with Gasteiger partial charge in [0, 0.05) is 25.3 Å². The van der Waals surface area contributed by atoms with Crippen LogP contribution in [0.25, 0.3) is 0 Å². The molecule has 28 heavy (non-hydrogen) atoms. The largest absolute Gasteiger partial charge is 0.374 e. The number of hydrogen-bond donors (Lipinski definition) is 2. The number of benzene rings is 2. The number of aryl methyl sites for hydroxylation is 2. The quantitative estimate of drug-likeness (QED) is 0.382. The molecule has 3 N–H and O–H groups in total. The van der Waals surface area contributed by atoms with E-state index in [1.165, 1.54) is 29.5 Å². The van der Waals surface area contributed by atoms with Crippen LogP contribution >= 0.6 is 24.0 Å². The third kappa shape index (κ3) is 5.68. The lowest BCUT2D eigenvalue weighted by molar-refractivity contribution is -0.0257. The topological polar surface area (TPSA) is 62.9 Å². The van der Waals surface area contributed by atoms with Gasteiger partial charge in [-0.1, -0.05) is 36.4 Å². The van der Waals surface area contributed by atoms with E-state index in [0.717, 1.165) is 38.3 Å². The van der Waals surface area contributed by atoms with Crippen molar-refractivity contribution < 1.29 is 4.74 Å². The lowest BCUT2D eigenvalue weighted by Gasteiger charge is -2.32. The number of halogens is 1. The van der Waals surface area contributed by atoms with Crippen molar-refractivity contribution in [1.29, 1.82) is 0 Å². The number of nitrogens with two attached hydrogens (primary N) is 1. The van der Waals surface area contributed by atoms with Crippen LogP contribution in [0.4, 0.5) is 5.69 Å². The van der Waals surface area contributed by atoms with E-state index in [9.17, 15) is 0 Å². The van der Waals surface area contributed by atoms with Gasteiger partial charge >= 0.3 is 0 Å². The first-order valence-electron chi connectivity index (χ1n) is 9.83. The first kappa shape index (κ1) is 21.1. The van der Waals surface area contributed by atoms with Gasteiger partial charge in [0.25, 0.3) is 0 Å². The maximum absolute atomic E-state index is 6.10. The molecule has 0 spiro atoms. The van der Waals surface area contributed by atoms with Crippen LogP contribution in [0.3, 0.4) is 0 Å². The second-order valence-corrected chi connectivity index (χ2v) is 7.40. The van der Waals surface area contributed by atoms with Crippen molar-refractivity contribution in [3.63, 3.8) is 0 Å². The maximum Gasteiger partial charge on any atom is 0.193 e. The molecule has 1 atom stereocenters. The fourth-order valence-electron chi connectivity index (χ4n) is 3.91. The fraction of sp³-hybridized carbons (Fsp3) is 0.409. The number of nitrogens with zero attached hydrogens (tertiary/aromatic N) is 2. The second kappa shape index (κ2) is 10.2. The summed E-state index contributed by atoms with van der Waals surface area (Å²) in [6.45, 7) is 4.11. The van der Waals surface area contributed by atoms with Crippen molar-refractivity contribution >= 4 is 35.6 Å². The number of rotatable bonds is 5. The zero-order chi connectivity index (χ0) is 18.5. The van der Waals surface area contributed by atoms with Crippen molar-refractivity contribution in [3.8, 4) is 0 Å². The molecule has 1 unspecified atom stereocenters. The van der Waals surface area contributed by atoms with E-state index in [4.69, 9.17) is 10.5 Å². The van der Waals surface area contributed by atoms with Crippen LogP contribution in [0.2, 0.25) is 0 Å². The summed E-state index contributed by atoms with van der Waals surface area (Å²) in [5.41, 5.74) is 11.3. The minimum Gasteiger partial charge on any atom is -0.374 e. The van der Waals surface area contributed by atoms with Gasteiger partial charge in [-0.3, -0.25) is 9.89 Å². The van der Waals surface area contributed by atoms with Crippen LogP contribution in [0.1, 0.15) is 23.1 Å². The Morgan fingerprint density at radius 2 is 1.96 bits per heavy atom. The number of guanidine groups is 1. The van der Waals surface area contributed by atoms with E-state index in [1.807, 2.05) is 0 Å². The molecule has 0 radical (unpaired) electrons. The van der Waals surface area contributed by atoms with E-state index < -0.39 is 0 Å². The summed E-state index contributed by atoms with van der Waals surface area (Å²) in [6.07, 6.45) is 3.69. The number of hydrogen-bond acceptors (Lipinski definition) is 3. The molecule has 4 rings (SSSR count). The molecule has 5 nitrogen and oxygen atoms in total. The van der Waals surface area contributed by atoms with Gasteiger partial charge in [-0.2, -0.15) is 0 Å². The predicted octanol–water partition coefficient (Wildman–Crippen LogP) is 3.42. The third-order valence-electron chi connectivity index (χ3n) is 5.31. The standard InChI is InChI=1S/C22H28N4O.HI/c23-22(25-20-10-9-18-7-4-8-19(18)13-20)24-14-21-16-26(11-12-27-21)15-17-5-2-1-3-6-17;/h1-3,5-6,9-10,13,21H,4,7-8,11-12,14-16H2,(H3,23,24,25);1H. The van der Waals surface area contributed by atoms with Gasteiger partial charge in [0.15, 0.2) is 5.96 Å². The Morgan fingerprint density at radius 3 is 2.82 bits per heavy atom. The highest BCUT2D eigenvalue weighted by Gasteiger charge is 2.20. The zero-order valence-electron chi connectivity index (χ0n) is 16.1. The molecular weight excluding hydrogens is 463 g/mol. The van der Waals surface area contributed by atoms with Gasteiger partial charge in [0.05, 0.1) is 19.3 Å². The van der Waals surface area contributed by atoms with Crippen molar-refractivity contribution in [2.75, 3.05) is 31.6 Å². The summed E-state index contributed by atoms with van der Waals surface area (Å²) in [6, 6.07) is 17.0. The Morgan fingerprint density at radius 1 is 1.14 bits per heavy atom. The summed E-state index contributed by atoms with van der Waals surface area (Å²) < 4.78 is 5.87. The maximum atomic E-state index is 6.10. The van der Waals surface area contributed by atoms with Crippen molar-refractivity contribution in [2.24, 2.45) is 10.7 Å². The first-order valence-corrected chi connectivity index (χ1v) is 9.83. The number of anilines is 1. The van der Waals surface area contributed by atoms with Gasteiger partial charge in [-0.25, -0.2) is 0 Å². The highest BCUT2D eigenvalue weighted by Crippen LogP contribution is 2.24. The molecule has 2 aromatic rings. The van der Waals surface area contributed by atoms with E-state index in [2.05, 4.69) is 63.7 Å². The molecule has 1 heterocycles. The second-order valence-electron chi connectivity index (χ2n) is 7.40. The Labute approximate surface area is 184 Å². The highest BCUT2D eigenvalue weighted by molar-refractivity contribution is 14.0. The van der Waals surface area contributed by atoms with Crippen LogP contribution in [0, 0.1) is 0 Å². The average molecular weight is 492 g/mol. The summed E-state index contributed by atoms with van der Waals surface area (Å²) >= 11 is 0. The molecule has 0 bridgehead atoms. The Hall–Kier alpha value is -1.64. The smallest absolute Gasteiger partial charge is 0.193 e. The Bertz CT molecular complexity index is 796. The molecule has 2 aromatic carbocycles. The van der Waals surface area contributed by atoms with Gasteiger partial charge in [-0.15, -0.1) is 24.0 Å². The van der Waals surface area contributed by atoms with E-state index >= 15 is 0 Å². The molecule has 2 aliphatic rings. The molecule has 1 aliphatic heterocycles. The lowest BCUT2D eigenvalue weighted by Crippen LogP contribution is -2.43. The van der Waals surface area contributed by atoms with E-state index in [0.29, 0.717) is 12.5 Å². The van der Waals surface area contributed by atoms with E-state index in [1.54, 1.807) is 0 Å². The SMILES string of the molecule is I.NC(=NCC1CN(Cc2ccccc2)CCO1)Nc1ccc2c(c1)CCC2. The number of ether oxygens (including phenoxy) is 1. The van der Waals surface area contributed by atoms with Gasteiger partial charge in [0.1, 0.15) is 0 Å². The van der Waals surface area contributed by atoms with Crippen LogP contribution in [-0.4, -0.2) is 43.2 Å². The van der Waals surface area contributed by atoms with Crippen LogP contribution in [0.5, 0.6) is 0 Å². The third-order valence-corrected chi connectivity index (χ3v) is 5.31. The summed E-state index contributed by atoms with van der Waals surface area (Å²) in [4.78, 5) is 6.93. The number of nitrogens with one attached hydrogen (secondary N) is 1. The van der Waals surface area contributed by atoms with Gasteiger partial charge in [-0.05, 0) is 48.1 Å². The average Bonchev–Trinajstić information content (AvgIpc) is 3.15. The number of fused-ring (bicyclic) bond motifs is 1. The molecule has 0 aromatic heterocycles. The molecule has 1 saturated heterocycles. The summed E-state index contributed by atoms with van der Waals surface area (Å²) in [5.74, 6) is 0.455. The van der Waals surface area contributed by atoms with Gasteiger partial charge < -0.3 is 15.8 Å². The van der Waals surface area contributed by atoms with Crippen LogP contribution in [-0.2, 0) is 24.1 Å². The minimum absolute atomic E-state index is 0. The first-order chi connectivity index (χ1) is 13.3. The Balaban J connectivity index is 0.00000225. The summed E-state index contributed by atoms with van der Waals surface area (Å²) in [7, 11) is 0. The van der Waals surface area contributed by atoms with Crippen LogP contribution in [0.15, 0.2) is 53.5 Å². The molecular formula is C22H29IN4O. The number of morpholine rings is 1. The van der Waals surface area contributed by atoms with Crippen LogP contribution < -0.4 is 11.1 Å². The molecule has 1 fully saturated rings. The molecule has 0 amide bonds. The van der Waals surface area contributed by atoms with Gasteiger partial charge in [0.2, 0.25) is 0 Å². The van der Waals surface area contributed by atoms with Crippen molar-refractivity contribution in [1.82, 2.24) is 4.90 Å². The Kier molecular flexibility index (Phi) is 7.70. The molecule has 150 valence electrons. The van der Waals surface area contributed by atoms with E-state index in [-0.39, 0.29) is 30.1 Å². The minimum atomic E-state index is 0. The fourth-order valence-corrected chi connectivity index (χ4v) is 3.91.